The number of aryl methyl sites for hydroxylation is 2. The monoisotopic (exact) mass is 380 g/mol. The number of Topliss-reactive ketones (excluding diaryl/α,β-unsaturated/α-hetero) is 2. The highest BCUT2D eigenvalue weighted by atomic mass is 19.4. The quantitative estimate of drug-likeness (QED) is 0.550. The highest BCUT2D eigenvalue weighted by molar-refractivity contribution is 6.10. The Balaban J connectivity index is 2.50. The molecule has 0 radical (unpaired) electrons. The van der Waals surface area contributed by atoms with E-state index in [0.717, 1.165) is 5.56 Å². The van der Waals surface area contributed by atoms with E-state index in [1.165, 1.54) is 6.07 Å². The predicted molar refractivity (Wildman–Crippen MR) is 81.7 cm³/mol. The number of carbonyl (C=O) groups is 2. The molecule has 1 aromatic rings. The van der Waals surface area contributed by atoms with Gasteiger partial charge in [0.05, 0.1) is 0 Å². The smallest absolute Gasteiger partial charge is 0.298 e. The van der Waals surface area contributed by atoms with Crippen LogP contribution in [0.15, 0.2) is 18.2 Å². The van der Waals surface area contributed by atoms with Crippen molar-refractivity contribution in [2.24, 2.45) is 5.41 Å². The van der Waals surface area contributed by atoms with E-state index in [0.29, 0.717) is 18.4 Å². The summed E-state index contributed by atoms with van der Waals surface area (Å²) in [7, 11) is 0. The molecule has 26 heavy (non-hydrogen) atoms. The number of ketones is 2. The van der Waals surface area contributed by atoms with E-state index in [4.69, 9.17) is 0 Å². The fourth-order valence-corrected chi connectivity index (χ4v) is 3.42. The molecule has 1 aliphatic rings. The van der Waals surface area contributed by atoms with Crippen LogP contribution in [0.4, 0.5) is 26.3 Å². The first-order chi connectivity index (χ1) is 11.9. The van der Waals surface area contributed by atoms with Gasteiger partial charge in [-0.2, -0.15) is 26.3 Å². The van der Waals surface area contributed by atoms with Gasteiger partial charge in [0.1, 0.15) is 17.5 Å². The molecule has 0 spiro atoms. The first kappa shape index (κ1) is 20.5. The lowest BCUT2D eigenvalue weighted by molar-refractivity contribution is -0.342. The summed E-state index contributed by atoms with van der Waals surface area (Å²) in [5, 5.41) is 0. The van der Waals surface area contributed by atoms with Crippen molar-refractivity contribution < 1.29 is 35.9 Å². The molecule has 144 valence electrons. The van der Waals surface area contributed by atoms with Gasteiger partial charge in [0, 0.05) is 12.8 Å². The number of rotatable bonds is 3. The summed E-state index contributed by atoms with van der Waals surface area (Å²) in [4.78, 5) is 24.6. The summed E-state index contributed by atoms with van der Waals surface area (Å²) >= 11 is 0. The maximum atomic E-state index is 13.2. The third-order valence-corrected chi connectivity index (χ3v) is 4.99. The number of hydrogen-bond donors (Lipinski definition) is 0. The molecule has 0 unspecified atom stereocenters. The lowest BCUT2D eigenvalue weighted by Crippen LogP contribution is -2.56. The zero-order valence-corrected chi connectivity index (χ0v) is 14.2. The summed E-state index contributed by atoms with van der Waals surface area (Å²) < 4.78 is 79.1. The number of carbonyl (C=O) groups excluding carboxylic acids is 2. The minimum atomic E-state index is -5.73. The molecule has 1 saturated carbocycles. The maximum absolute atomic E-state index is 13.2. The van der Waals surface area contributed by atoms with Crippen LogP contribution in [0.1, 0.15) is 49.3 Å². The maximum Gasteiger partial charge on any atom is 0.404 e. The minimum absolute atomic E-state index is 0.206. The SMILES string of the molecule is CCc1ccc(C2C(=O)CC(C(F)(F)F)(C(F)(F)F)CC2=O)c(CC)c1. The number of halogens is 6. The van der Waals surface area contributed by atoms with E-state index in [1.807, 2.05) is 6.92 Å². The fourth-order valence-electron chi connectivity index (χ4n) is 3.42. The van der Waals surface area contributed by atoms with E-state index in [1.54, 1.807) is 19.1 Å². The van der Waals surface area contributed by atoms with Gasteiger partial charge in [0.25, 0.3) is 0 Å². The second-order valence-electron chi connectivity index (χ2n) is 6.54. The van der Waals surface area contributed by atoms with Crippen LogP contribution in [0.3, 0.4) is 0 Å². The molecule has 1 fully saturated rings. The van der Waals surface area contributed by atoms with E-state index >= 15 is 0 Å². The van der Waals surface area contributed by atoms with Gasteiger partial charge in [-0.1, -0.05) is 32.0 Å². The minimum Gasteiger partial charge on any atom is -0.298 e. The van der Waals surface area contributed by atoms with Gasteiger partial charge < -0.3 is 0 Å². The molecule has 2 nitrogen and oxygen atoms in total. The molecular weight excluding hydrogens is 362 g/mol. The predicted octanol–water partition coefficient (Wildman–Crippen LogP) is 4.94. The van der Waals surface area contributed by atoms with E-state index in [2.05, 4.69) is 0 Å². The Morgan fingerprint density at radius 1 is 0.923 bits per heavy atom. The standard InChI is InChI=1S/C18H18F6O2/c1-3-10-5-6-12(11(4-2)7-10)15-13(25)8-16(9-14(15)26,17(19,20)21)18(22,23)24/h5-7,15H,3-4,8-9H2,1-2H3. The van der Waals surface area contributed by atoms with Crippen LogP contribution in [-0.2, 0) is 22.4 Å². The summed E-state index contributed by atoms with van der Waals surface area (Å²) in [6.45, 7) is 3.62. The van der Waals surface area contributed by atoms with E-state index < -0.39 is 48.1 Å². The van der Waals surface area contributed by atoms with Gasteiger partial charge in [-0.05, 0) is 29.5 Å². The van der Waals surface area contributed by atoms with Crippen molar-refractivity contribution in [3.05, 3.63) is 34.9 Å². The molecule has 0 saturated heterocycles. The Labute approximate surface area is 146 Å². The molecule has 1 aromatic carbocycles. The zero-order chi connectivity index (χ0) is 19.9. The van der Waals surface area contributed by atoms with Gasteiger partial charge in [-0.15, -0.1) is 0 Å². The molecule has 8 heteroatoms. The largest absolute Gasteiger partial charge is 0.404 e. The second-order valence-corrected chi connectivity index (χ2v) is 6.54. The van der Waals surface area contributed by atoms with Crippen molar-refractivity contribution in [1.29, 1.82) is 0 Å². The highest BCUT2D eigenvalue weighted by Crippen LogP contribution is 2.58. The number of hydrogen-bond acceptors (Lipinski definition) is 2. The zero-order valence-electron chi connectivity index (χ0n) is 14.2. The summed E-state index contributed by atoms with van der Waals surface area (Å²) in [6, 6.07) is 4.82. The van der Waals surface area contributed by atoms with Crippen LogP contribution in [0.5, 0.6) is 0 Å². The Kier molecular flexibility index (Phi) is 5.27. The summed E-state index contributed by atoms with van der Waals surface area (Å²) in [5.41, 5.74) is -2.61. The van der Waals surface area contributed by atoms with Crippen molar-refractivity contribution in [2.45, 2.75) is 57.8 Å². The molecule has 2 rings (SSSR count). The van der Waals surface area contributed by atoms with Crippen molar-refractivity contribution in [2.75, 3.05) is 0 Å². The Hall–Kier alpha value is -1.86. The van der Waals surface area contributed by atoms with Crippen molar-refractivity contribution in [3.8, 4) is 0 Å². The molecule has 0 N–H and O–H groups in total. The first-order valence-electron chi connectivity index (χ1n) is 8.18. The fraction of sp³-hybridized carbons (Fsp3) is 0.556. The van der Waals surface area contributed by atoms with Crippen LogP contribution < -0.4 is 0 Å². The van der Waals surface area contributed by atoms with Crippen molar-refractivity contribution in [3.63, 3.8) is 0 Å². The molecule has 0 amide bonds. The van der Waals surface area contributed by atoms with E-state index in [-0.39, 0.29) is 5.56 Å². The van der Waals surface area contributed by atoms with Crippen LogP contribution in [0.2, 0.25) is 0 Å². The summed E-state index contributed by atoms with van der Waals surface area (Å²) in [6.07, 6.45) is -13.9. The first-order valence-corrected chi connectivity index (χ1v) is 8.18. The van der Waals surface area contributed by atoms with Crippen LogP contribution in [0.25, 0.3) is 0 Å². The van der Waals surface area contributed by atoms with Gasteiger partial charge in [-0.25, -0.2) is 0 Å². The molecule has 0 aromatic heterocycles. The Bertz CT molecular complexity index is 683. The van der Waals surface area contributed by atoms with Gasteiger partial charge in [0.15, 0.2) is 5.41 Å². The molecular formula is C18H18F6O2. The topological polar surface area (TPSA) is 34.1 Å². The highest BCUT2D eigenvalue weighted by Gasteiger charge is 2.73. The van der Waals surface area contributed by atoms with Crippen LogP contribution in [-0.4, -0.2) is 23.9 Å². The average molecular weight is 380 g/mol. The van der Waals surface area contributed by atoms with Crippen LogP contribution in [0, 0.1) is 5.41 Å². The van der Waals surface area contributed by atoms with Crippen LogP contribution >= 0.6 is 0 Å². The lowest BCUT2D eigenvalue weighted by atomic mass is 9.66. The van der Waals surface area contributed by atoms with Gasteiger partial charge in [0.2, 0.25) is 0 Å². The van der Waals surface area contributed by atoms with Crippen molar-refractivity contribution in [1.82, 2.24) is 0 Å². The average Bonchev–Trinajstić information content (AvgIpc) is 2.52. The molecule has 0 atom stereocenters. The third kappa shape index (κ3) is 3.25. The number of alkyl halides is 6. The lowest BCUT2D eigenvalue weighted by Gasteiger charge is -2.41. The third-order valence-electron chi connectivity index (χ3n) is 4.99. The molecule has 0 aliphatic heterocycles. The normalized spacial score (nSPS) is 19.1. The summed E-state index contributed by atoms with van der Waals surface area (Å²) in [5.74, 6) is -4.25. The Morgan fingerprint density at radius 2 is 1.42 bits per heavy atom. The van der Waals surface area contributed by atoms with Gasteiger partial charge in [-0.3, -0.25) is 9.59 Å². The Morgan fingerprint density at radius 3 is 1.81 bits per heavy atom. The second kappa shape index (κ2) is 6.70. The molecule has 0 heterocycles. The number of benzene rings is 1. The molecule has 0 bridgehead atoms. The molecule has 1 aliphatic carbocycles. The van der Waals surface area contributed by atoms with Gasteiger partial charge >= 0.3 is 12.4 Å². The van der Waals surface area contributed by atoms with E-state index in [9.17, 15) is 35.9 Å². The van der Waals surface area contributed by atoms with Crippen molar-refractivity contribution >= 4 is 11.6 Å².